The first-order chi connectivity index (χ1) is 9.31. The molecule has 2 heterocycles. The van der Waals surface area contributed by atoms with Crippen molar-refractivity contribution in [3.63, 3.8) is 0 Å². The van der Waals surface area contributed by atoms with E-state index in [-0.39, 0.29) is 5.82 Å². The molecule has 1 aromatic heterocycles. The first-order valence-electron chi connectivity index (χ1n) is 6.99. The smallest absolute Gasteiger partial charge is 0.141 e. The average Bonchev–Trinajstić information content (AvgIpc) is 2.68. The molecule has 0 saturated carbocycles. The fourth-order valence-corrected chi connectivity index (χ4v) is 2.25. The molecule has 0 amide bonds. The summed E-state index contributed by atoms with van der Waals surface area (Å²) in [5, 5.41) is 3.31. The van der Waals surface area contributed by atoms with E-state index < -0.39 is 0 Å². The van der Waals surface area contributed by atoms with Crippen LogP contribution in [-0.4, -0.2) is 37.8 Å². The minimum atomic E-state index is -0.275. The minimum absolute atomic E-state index is 0.275. The normalized spacial score (nSPS) is 16.4. The van der Waals surface area contributed by atoms with Crippen molar-refractivity contribution in [2.24, 2.45) is 0 Å². The lowest BCUT2D eigenvalue weighted by molar-refractivity contribution is 0.152. The Bertz CT molecular complexity index is 392. The number of hydrogen-bond acceptors (Lipinski definition) is 4. The number of halogens is 1. The fraction of sp³-hybridized carbons (Fsp3) is 0.643. The van der Waals surface area contributed by atoms with Gasteiger partial charge in [-0.3, -0.25) is 0 Å². The van der Waals surface area contributed by atoms with Gasteiger partial charge in [0.05, 0.1) is 12.8 Å². The number of nitrogens with one attached hydrogen (secondary N) is 1. The Morgan fingerprint density at radius 1 is 1.42 bits per heavy atom. The van der Waals surface area contributed by atoms with Crippen LogP contribution in [0.2, 0.25) is 0 Å². The van der Waals surface area contributed by atoms with E-state index in [0.717, 1.165) is 50.5 Å². The van der Waals surface area contributed by atoms with Crippen molar-refractivity contribution in [3.8, 4) is 0 Å². The lowest BCUT2D eigenvalue weighted by Gasteiger charge is -2.23. The summed E-state index contributed by atoms with van der Waals surface area (Å²) >= 11 is 0. The van der Waals surface area contributed by atoms with Crippen LogP contribution < -0.4 is 10.2 Å². The molecule has 0 aliphatic carbocycles. The second-order valence-electron chi connectivity index (χ2n) is 4.77. The standard InChI is InChI=1S/C14H22FN3O/c1-2-4-16-10-12-9-13(15)11-17-14(12)18-5-3-7-19-8-6-18/h9,11,16H,2-8,10H2,1H3. The van der Waals surface area contributed by atoms with E-state index in [0.29, 0.717) is 13.2 Å². The summed E-state index contributed by atoms with van der Waals surface area (Å²) in [5.41, 5.74) is 0.926. The van der Waals surface area contributed by atoms with Gasteiger partial charge in [-0.15, -0.1) is 0 Å². The van der Waals surface area contributed by atoms with Crippen molar-refractivity contribution in [3.05, 3.63) is 23.6 Å². The Hall–Kier alpha value is -1.20. The highest BCUT2D eigenvalue weighted by molar-refractivity contribution is 5.47. The molecule has 1 saturated heterocycles. The van der Waals surface area contributed by atoms with Crippen molar-refractivity contribution >= 4 is 5.82 Å². The molecule has 4 nitrogen and oxygen atoms in total. The van der Waals surface area contributed by atoms with Crippen LogP contribution in [-0.2, 0) is 11.3 Å². The molecule has 0 spiro atoms. The number of aromatic nitrogens is 1. The number of ether oxygens (including phenoxy) is 1. The largest absolute Gasteiger partial charge is 0.380 e. The molecule has 1 N–H and O–H groups in total. The maximum absolute atomic E-state index is 13.4. The molecule has 19 heavy (non-hydrogen) atoms. The van der Waals surface area contributed by atoms with Gasteiger partial charge in [-0.2, -0.15) is 0 Å². The predicted octanol–water partition coefficient (Wildman–Crippen LogP) is 1.95. The Balaban J connectivity index is 2.12. The number of pyridine rings is 1. The highest BCUT2D eigenvalue weighted by atomic mass is 19.1. The first kappa shape index (κ1) is 14.2. The molecule has 1 aliphatic heterocycles. The van der Waals surface area contributed by atoms with Crippen molar-refractivity contribution in [1.29, 1.82) is 0 Å². The van der Waals surface area contributed by atoms with Gasteiger partial charge in [-0.25, -0.2) is 9.37 Å². The summed E-state index contributed by atoms with van der Waals surface area (Å²) in [6.45, 7) is 6.94. The zero-order valence-corrected chi connectivity index (χ0v) is 11.5. The quantitative estimate of drug-likeness (QED) is 0.827. The SMILES string of the molecule is CCCNCc1cc(F)cnc1N1CCCOCC1. The van der Waals surface area contributed by atoms with E-state index >= 15 is 0 Å². The summed E-state index contributed by atoms with van der Waals surface area (Å²) in [5.74, 6) is 0.610. The monoisotopic (exact) mass is 267 g/mol. The molecule has 5 heteroatoms. The molecule has 0 aromatic carbocycles. The second kappa shape index (κ2) is 7.40. The lowest BCUT2D eigenvalue weighted by Crippen LogP contribution is -2.29. The zero-order chi connectivity index (χ0) is 13.5. The van der Waals surface area contributed by atoms with Gasteiger partial charge >= 0.3 is 0 Å². The van der Waals surface area contributed by atoms with Crippen LogP contribution in [0.5, 0.6) is 0 Å². The third-order valence-electron chi connectivity index (χ3n) is 3.17. The molecule has 1 fully saturated rings. The van der Waals surface area contributed by atoms with Crippen molar-refractivity contribution in [2.45, 2.75) is 26.3 Å². The van der Waals surface area contributed by atoms with Gasteiger partial charge in [0.2, 0.25) is 0 Å². The van der Waals surface area contributed by atoms with Gasteiger partial charge < -0.3 is 15.0 Å². The summed E-state index contributed by atoms with van der Waals surface area (Å²) in [6, 6.07) is 1.58. The second-order valence-corrected chi connectivity index (χ2v) is 4.77. The molecule has 0 atom stereocenters. The van der Waals surface area contributed by atoms with E-state index in [1.165, 1.54) is 6.20 Å². The zero-order valence-electron chi connectivity index (χ0n) is 11.5. The maximum atomic E-state index is 13.4. The number of rotatable bonds is 5. The lowest BCUT2D eigenvalue weighted by atomic mass is 10.2. The highest BCUT2D eigenvalue weighted by Crippen LogP contribution is 2.19. The summed E-state index contributed by atoms with van der Waals surface area (Å²) in [7, 11) is 0. The van der Waals surface area contributed by atoms with E-state index in [9.17, 15) is 4.39 Å². The van der Waals surface area contributed by atoms with Gasteiger partial charge in [0.1, 0.15) is 11.6 Å². The number of anilines is 1. The van der Waals surface area contributed by atoms with Gasteiger partial charge in [-0.05, 0) is 25.5 Å². The topological polar surface area (TPSA) is 37.4 Å². The van der Waals surface area contributed by atoms with E-state index in [4.69, 9.17) is 4.74 Å². The van der Waals surface area contributed by atoms with E-state index in [1.54, 1.807) is 6.07 Å². The van der Waals surface area contributed by atoms with Crippen LogP contribution in [0.3, 0.4) is 0 Å². The Morgan fingerprint density at radius 3 is 3.16 bits per heavy atom. The average molecular weight is 267 g/mol. The molecule has 0 radical (unpaired) electrons. The first-order valence-corrected chi connectivity index (χ1v) is 6.99. The Kier molecular flexibility index (Phi) is 5.54. The van der Waals surface area contributed by atoms with E-state index in [1.807, 2.05) is 0 Å². The Labute approximate surface area is 114 Å². The highest BCUT2D eigenvalue weighted by Gasteiger charge is 2.15. The van der Waals surface area contributed by atoms with Crippen LogP contribution in [0.25, 0.3) is 0 Å². The van der Waals surface area contributed by atoms with Crippen molar-refractivity contribution in [1.82, 2.24) is 10.3 Å². The summed E-state index contributed by atoms with van der Waals surface area (Å²) < 4.78 is 18.8. The van der Waals surface area contributed by atoms with Crippen LogP contribution in [0.1, 0.15) is 25.3 Å². The molecule has 1 aromatic rings. The van der Waals surface area contributed by atoms with Crippen molar-refractivity contribution < 1.29 is 9.13 Å². The molecule has 106 valence electrons. The molecule has 0 unspecified atom stereocenters. The molecule has 2 rings (SSSR count). The number of hydrogen-bond donors (Lipinski definition) is 1. The van der Waals surface area contributed by atoms with Crippen LogP contribution in [0.4, 0.5) is 10.2 Å². The fourth-order valence-electron chi connectivity index (χ4n) is 2.25. The van der Waals surface area contributed by atoms with Gasteiger partial charge in [0.25, 0.3) is 0 Å². The van der Waals surface area contributed by atoms with Gasteiger partial charge in [0.15, 0.2) is 0 Å². The van der Waals surface area contributed by atoms with Crippen LogP contribution in [0, 0.1) is 5.82 Å². The van der Waals surface area contributed by atoms with Crippen molar-refractivity contribution in [2.75, 3.05) is 37.7 Å². The third-order valence-corrected chi connectivity index (χ3v) is 3.17. The number of nitrogens with zero attached hydrogens (tertiary/aromatic N) is 2. The molecular formula is C14H22FN3O. The molecular weight excluding hydrogens is 245 g/mol. The third kappa shape index (κ3) is 4.14. The predicted molar refractivity (Wildman–Crippen MR) is 73.8 cm³/mol. The van der Waals surface area contributed by atoms with Gasteiger partial charge in [0, 0.05) is 31.8 Å². The maximum Gasteiger partial charge on any atom is 0.141 e. The Morgan fingerprint density at radius 2 is 2.32 bits per heavy atom. The van der Waals surface area contributed by atoms with Gasteiger partial charge in [-0.1, -0.05) is 6.92 Å². The molecule has 0 bridgehead atoms. The van der Waals surface area contributed by atoms with Crippen LogP contribution >= 0.6 is 0 Å². The van der Waals surface area contributed by atoms with E-state index in [2.05, 4.69) is 22.1 Å². The summed E-state index contributed by atoms with van der Waals surface area (Å²) in [4.78, 5) is 6.47. The van der Waals surface area contributed by atoms with Crippen LogP contribution in [0.15, 0.2) is 12.3 Å². The summed E-state index contributed by atoms with van der Waals surface area (Å²) in [6.07, 6.45) is 3.35. The minimum Gasteiger partial charge on any atom is -0.380 e. The molecule has 1 aliphatic rings.